The van der Waals surface area contributed by atoms with Crippen LogP contribution in [0.2, 0.25) is 0 Å². The van der Waals surface area contributed by atoms with Crippen LogP contribution in [-0.4, -0.2) is 97.9 Å². The number of carbonyl (C=O) groups is 4. The topological polar surface area (TPSA) is 129 Å². The Bertz CT molecular complexity index is 3370. The van der Waals surface area contributed by atoms with Gasteiger partial charge >= 0.3 is 12.4 Å². The molecule has 0 aliphatic carbocycles. The lowest BCUT2D eigenvalue weighted by Gasteiger charge is -2.40. The lowest BCUT2D eigenvalue weighted by molar-refractivity contribution is -0.138. The SMILES string of the molecule is CC(C)NC(=O)C(c1ccccc1)N1CCN(c2ccc(NC(=O)c3ccccc3-c3ccc(C(F)(F)F)cc3)cc2)CC1.CC(C)NC(=O)C(c1ccccc1)N1CCN(c2ccc(NC(=O)c3ccccc3-c3ccc(C(F)(F)F)cc3)cc2)CC1. The molecule has 88 heavy (non-hydrogen) atoms. The third kappa shape index (κ3) is 16.2. The third-order valence-corrected chi connectivity index (χ3v) is 15.3. The van der Waals surface area contributed by atoms with Crippen molar-refractivity contribution in [2.45, 2.75) is 64.2 Å². The first-order chi connectivity index (χ1) is 42.2. The number of halogens is 6. The summed E-state index contributed by atoms with van der Waals surface area (Å²) >= 11 is 0. The summed E-state index contributed by atoms with van der Waals surface area (Å²) in [6, 6.07) is 57.5. The molecule has 4 amide bonds. The van der Waals surface area contributed by atoms with Crippen LogP contribution >= 0.6 is 0 Å². The second kappa shape index (κ2) is 28.5. The van der Waals surface area contributed by atoms with Crippen LogP contribution < -0.4 is 31.1 Å². The Morgan fingerprint density at radius 1 is 0.375 bits per heavy atom. The zero-order valence-corrected chi connectivity index (χ0v) is 49.3. The highest BCUT2D eigenvalue weighted by Gasteiger charge is 2.34. The number of nitrogens with one attached hydrogen (secondary N) is 4. The lowest BCUT2D eigenvalue weighted by atomic mass is 9.98. The molecule has 2 aliphatic heterocycles. The van der Waals surface area contributed by atoms with E-state index in [4.69, 9.17) is 0 Å². The van der Waals surface area contributed by atoms with Crippen molar-refractivity contribution < 1.29 is 45.5 Å². The van der Waals surface area contributed by atoms with Gasteiger partial charge in [0.2, 0.25) is 11.8 Å². The van der Waals surface area contributed by atoms with Gasteiger partial charge in [0, 0.05) is 98.3 Å². The summed E-state index contributed by atoms with van der Waals surface area (Å²) in [4.78, 5) is 61.7. The molecule has 0 saturated carbocycles. The van der Waals surface area contributed by atoms with Crippen molar-refractivity contribution in [3.63, 3.8) is 0 Å². The molecule has 0 aromatic heterocycles. The number of anilines is 4. The van der Waals surface area contributed by atoms with Gasteiger partial charge in [-0.05, 0) is 146 Å². The molecular weight excluding hydrogens is 1130 g/mol. The van der Waals surface area contributed by atoms with E-state index in [0.29, 0.717) is 70.9 Å². The molecule has 18 heteroatoms. The monoisotopic (exact) mass is 1200 g/mol. The summed E-state index contributed by atoms with van der Waals surface area (Å²) in [5.41, 5.74) is 6.56. The van der Waals surface area contributed by atoms with Gasteiger partial charge in [0.05, 0.1) is 11.1 Å². The first kappa shape index (κ1) is 63.2. The molecule has 4 N–H and O–H groups in total. The zero-order chi connectivity index (χ0) is 62.5. The average Bonchev–Trinajstić information content (AvgIpc) is 2.37. The Morgan fingerprint density at radius 3 is 0.989 bits per heavy atom. The van der Waals surface area contributed by atoms with Gasteiger partial charge in [0.25, 0.3) is 11.8 Å². The molecule has 12 nitrogen and oxygen atoms in total. The van der Waals surface area contributed by atoms with Gasteiger partial charge in [-0.25, -0.2) is 0 Å². The fourth-order valence-corrected chi connectivity index (χ4v) is 11.0. The van der Waals surface area contributed by atoms with E-state index in [1.54, 1.807) is 48.5 Å². The minimum Gasteiger partial charge on any atom is -0.369 e. The molecule has 2 fully saturated rings. The second-order valence-electron chi connectivity index (χ2n) is 22.2. The highest BCUT2D eigenvalue weighted by molar-refractivity contribution is 6.09. The molecule has 456 valence electrons. The van der Waals surface area contributed by atoms with Crippen LogP contribution in [0.15, 0.2) is 206 Å². The van der Waals surface area contributed by atoms with E-state index in [1.807, 2.05) is 137 Å². The summed E-state index contributed by atoms with van der Waals surface area (Å²) in [5.74, 6) is -0.707. The summed E-state index contributed by atoms with van der Waals surface area (Å²) < 4.78 is 78.1. The van der Waals surface area contributed by atoms with Gasteiger partial charge in [-0.2, -0.15) is 26.3 Å². The van der Waals surface area contributed by atoms with E-state index in [9.17, 15) is 45.5 Å². The normalized spacial score (nSPS) is 14.7. The maximum absolute atomic E-state index is 13.2. The van der Waals surface area contributed by atoms with Gasteiger partial charge in [0.1, 0.15) is 12.1 Å². The molecule has 10 rings (SSSR count). The van der Waals surface area contributed by atoms with Crippen LogP contribution in [0.5, 0.6) is 0 Å². The van der Waals surface area contributed by atoms with Crippen molar-refractivity contribution in [2.75, 3.05) is 72.8 Å². The number of benzene rings is 8. The quantitative estimate of drug-likeness (QED) is 0.0704. The predicted octanol–water partition coefficient (Wildman–Crippen LogP) is 14.0. The van der Waals surface area contributed by atoms with Crippen molar-refractivity contribution in [3.05, 3.63) is 240 Å². The predicted molar refractivity (Wildman–Crippen MR) is 335 cm³/mol. The van der Waals surface area contributed by atoms with E-state index < -0.39 is 23.5 Å². The van der Waals surface area contributed by atoms with Crippen molar-refractivity contribution in [1.29, 1.82) is 0 Å². The van der Waals surface area contributed by atoms with Gasteiger partial charge < -0.3 is 31.1 Å². The molecule has 8 aromatic rings. The Balaban J connectivity index is 0.000000209. The summed E-state index contributed by atoms with van der Waals surface area (Å²) in [7, 11) is 0. The Hall–Kier alpha value is -9.26. The molecule has 0 spiro atoms. The van der Waals surface area contributed by atoms with E-state index in [0.717, 1.165) is 72.9 Å². The maximum atomic E-state index is 13.2. The van der Waals surface area contributed by atoms with Crippen LogP contribution in [0.25, 0.3) is 22.3 Å². The van der Waals surface area contributed by atoms with Crippen LogP contribution in [0, 0.1) is 0 Å². The van der Waals surface area contributed by atoms with Crippen molar-refractivity contribution in [3.8, 4) is 22.3 Å². The van der Waals surface area contributed by atoms with Gasteiger partial charge in [-0.1, -0.05) is 121 Å². The molecule has 0 bridgehead atoms. The third-order valence-electron chi connectivity index (χ3n) is 15.3. The van der Waals surface area contributed by atoms with Crippen LogP contribution in [0.3, 0.4) is 0 Å². The molecule has 0 radical (unpaired) electrons. The van der Waals surface area contributed by atoms with E-state index in [2.05, 4.69) is 40.9 Å². The zero-order valence-electron chi connectivity index (χ0n) is 49.3. The number of hydrogen-bond acceptors (Lipinski definition) is 8. The average molecular weight is 1200 g/mol. The standard InChI is InChI=1S/2C35H35F3N4O2/c2*1-24(2)39-34(44)32(26-8-4-3-5-9-26)42-22-20-41(21-23-42)29-18-16-28(17-19-29)40-33(43)31-11-7-6-10-30(31)25-12-14-27(15-13-25)35(36,37)38/h2*3-19,24,32H,20-23H2,1-2H3,(H,39,44)(H,40,43). The molecule has 8 aromatic carbocycles. The first-order valence-corrected chi connectivity index (χ1v) is 29.2. The van der Waals surface area contributed by atoms with Crippen molar-refractivity contribution in [2.24, 2.45) is 0 Å². The van der Waals surface area contributed by atoms with Gasteiger partial charge in [0.15, 0.2) is 0 Å². The Kier molecular flexibility index (Phi) is 20.5. The highest BCUT2D eigenvalue weighted by atomic mass is 19.4. The van der Waals surface area contributed by atoms with E-state index in [-0.39, 0.29) is 47.8 Å². The van der Waals surface area contributed by atoms with Gasteiger partial charge in [-0.3, -0.25) is 29.0 Å². The van der Waals surface area contributed by atoms with Crippen LogP contribution in [-0.2, 0) is 21.9 Å². The smallest absolute Gasteiger partial charge is 0.369 e. The number of hydrogen-bond donors (Lipinski definition) is 4. The molecule has 2 atom stereocenters. The van der Waals surface area contributed by atoms with Crippen molar-refractivity contribution >= 4 is 46.4 Å². The highest BCUT2D eigenvalue weighted by Crippen LogP contribution is 2.35. The van der Waals surface area contributed by atoms with E-state index >= 15 is 0 Å². The number of rotatable bonds is 16. The molecule has 2 aliphatic rings. The lowest BCUT2D eigenvalue weighted by Crippen LogP contribution is -2.51. The van der Waals surface area contributed by atoms with Crippen LogP contribution in [0.4, 0.5) is 49.1 Å². The fraction of sp³-hybridized carbons (Fsp3) is 0.257. The number of alkyl halides is 6. The maximum Gasteiger partial charge on any atom is 0.416 e. The summed E-state index contributed by atoms with van der Waals surface area (Å²) in [5, 5.41) is 12.0. The molecule has 2 saturated heterocycles. The number of nitrogens with zero attached hydrogens (tertiary/aromatic N) is 4. The fourth-order valence-electron chi connectivity index (χ4n) is 11.0. The van der Waals surface area contributed by atoms with Crippen molar-refractivity contribution in [1.82, 2.24) is 20.4 Å². The van der Waals surface area contributed by atoms with Crippen LogP contribution in [0.1, 0.15) is 82.7 Å². The number of carbonyl (C=O) groups excluding carboxylic acids is 4. The largest absolute Gasteiger partial charge is 0.416 e. The second-order valence-corrected chi connectivity index (χ2v) is 22.2. The Morgan fingerprint density at radius 2 is 0.682 bits per heavy atom. The molecule has 2 heterocycles. The molecule has 2 unspecified atom stereocenters. The Labute approximate surface area is 509 Å². The number of piperazine rings is 2. The van der Waals surface area contributed by atoms with Gasteiger partial charge in [-0.15, -0.1) is 0 Å². The summed E-state index contributed by atoms with van der Waals surface area (Å²) in [6.45, 7) is 13.7. The van der Waals surface area contributed by atoms with E-state index in [1.165, 1.54) is 24.3 Å². The summed E-state index contributed by atoms with van der Waals surface area (Å²) in [6.07, 6.45) is -8.85. The minimum atomic E-state index is -4.43. The number of amides is 4. The molecular formula is C70H70F6N8O4. The first-order valence-electron chi connectivity index (χ1n) is 29.2. The minimum absolute atomic E-state index is 0.000333.